The normalized spacial score (nSPS) is 13.5. The van der Waals surface area contributed by atoms with Crippen LogP contribution in [0.4, 0.5) is 0 Å². The quantitative estimate of drug-likeness (QED) is 0.308. The van der Waals surface area contributed by atoms with E-state index in [1.165, 1.54) is 7.05 Å². The van der Waals surface area contributed by atoms with Gasteiger partial charge in [-0.05, 0) is 24.0 Å². The zero-order valence-electron chi connectivity index (χ0n) is 18.7. The van der Waals surface area contributed by atoms with Gasteiger partial charge in [0.1, 0.15) is 6.04 Å². The van der Waals surface area contributed by atoms with Crippen LogP contribution in [-0.4, -0.2) is 50.5 Å². The Morgan fingerprint density at radius 3 is 2.41 bits per heavy atom. The van der Waals surface area contributed by atoms with E-state index in [9.17, 15) is 22.8 Å². The van der Waals surface area contributed by atoms with Gasteiger partial charge in [-0.3, -0.25) is 19.8 Å². The largest absolute Gasteiger partial charge is 0.361 e. The van der Waals surface area contributed by atoms with E-state index < -0.39 is 33.8 Å². The fourth-order valence-electron chi connectivity index (χ4n) is 3.47. The molecular formula is C21H31N5O5S. The Balaban J connectivity index is 2.15. The van der Waals surface area contributed by atoms with E-state index in [0.29, 0.717) is 6.42 Å². The minimum absolute atomic E-state index is 0.105. The molecule has 0 saturated carbocycles. The van der Waals surface area contributed by atoms with Crippen molar-refractivity contribution in [1.82, 2.24) is 25.9 Å². The van der Waals surface area contributed by atoms with Crippen molar-refractivity contribution in [3.63, 3.8) is 0 Å². The molecule has 0 unspecified atom stereocenters. The fraction of sp³-hybridized carbons (Fsp3) is 0.476. The zero-order valence-corrected chi connectivity index (χ0v) is 19.5. The zero-order chi connectivity index (χ0) is 23.9. The molecule has 1 aromatic heterocycles. The lowest BCUT2D eigenvalue weighted by Crippen LogP contribution is -2.50. The maximum atomic E-state index is 13.0. The third-order valence-electron chi connectivity index (χ3n) is 4.91. The number of para-hydroxylation sites is 1. The highest BCUT2D eigenvalue weighted by molar-refractivity contribution is 7.88. The molecule has 2 atom stereocenters. The van der Waals surface area contributed by atoms with E-state index in [-0.39, 0.29) is 24.7 Å². The highest BCUT2D eigenvalue weighted by Gasteiger charge is 2.28. The first-order chi connectivity index (χ1) is 15.0. The summed E-state index contributed by atoms with van der Waals surface area (Å²) >= 11 is 0. The number of nitrogens with one attached hydrogen (secondary N) is 5. The third-order valence-corrected chi connectivity index (χ3v) is 5.39. The van der Waals surface area contributed by atoms with Crippen molar-refractivity contribution < 1.29 is 22.8 Å². The molecule has 32 heavy (non-hydrogen) atoms. The lowest BCUT2D eigenvalue weighted by atomic mass is 9.92. The summed E-state index contributed by atoms with van der Waals surface area (Å²) in [6.45, 7) is 3.82. The highest BCUT2D eigenvalue weighted by atomic mass is 32.2. The van der Waals surface area contributed by atoms with E-state index in [0.717, 1.165) is 22.7 Å². The number of benzene rings is 1. The lowest BCUT2D eigenvalue weighted by Gasteiger charge is -2.23. The summed E-state index contributed by atoms with van der Waals surface area (Å²) in [6.07, 6.45) is 3.16. The molecule has 2 aromatic rings. The van der Waals surface area contributed by atoms with Gasteiger partial charge in [-0.25, -0.2) is 8.42 Å². The second-order valence-electron chi connectivity index (χ2n) is 8.19. The van der Waals surface area contributed by atoms with Gasteiger partial charge in [0.15, 0.2) is 0 Å². The van der Waals surface area contributed by atoms with Crippen LogP contribution in [0.5, 0.6) is 0 Å². The van der Waals surface area contributed by atoms with E-state index in [2.05, 4.69) is 21.0 Å². The molecule has 10 nitrogen and oxygen atoms in total. The smallest absolute Gasteiger partial charge is 0.242 e. The summed E-state index contributed by atoms with van der Waals surface area (Å²) in [5.41, 5.74) is 3.89. The van der Waals surface area contributed by atoms with Gasteiger partial charge in [0.25, 0.3) is 0 Å². The first-order valence-electron chi connectivity index (χ1n) is 10.3. The average Bonchev–Trinajstić information content (AvgIpc) is 3.12. The number of fused-ring (bicyclic) bond motifs is 1. The molecule has 3 amide bonds. The summed E-state index contributed by atoms with van der Waals surface area (Å²) in [7, 11) is -2.12. The Morgan fingerprint density at radius 2 is 1.78 bits per heavy atom. The van der Waals surface area contributed by atoms with Crippen LogP contribution in [-0.2, 0) is 30.8 Å². The number of hydrazine groups is 1. The molecule has 1 aromatic carbocycles. The predicted octanol–water partition coefficient (Wildman–Crippen LogP) is 0.574. The van der Waals surface area contributed by atoms with Gasteiger partial charge in [-0.1, -0.05) is 32.0 Å². The highest BCUT2D eigenvalue weighted by Crippen LogP contribution is 2.20. The molecule has 0 fully saturated rings. The van der Waals surface area contributed by atoms with Crippen LogP contribution < -0.4 is 20.9 Å². The maximum Gasteiger partial charge on any atom is 0.242 e. The maximum absolute atomic E-state index is 13.0. The Labute approximate surface area is 187 Å². The monoisotopic (exact) mass is 465 g/mol. The van der Waals surface area contributed by atoms with Gasteiger partial charge in [0.2, 0.25) is 27.7 Å². The fourth-order valence-corrected chi connectivity index (χ4v) is 3.77. The van der Waals surface area contributed by atoms with Crippen molar-refractivity contribution in [2.75, 3.05) is 13.3 Å². The Bertz CT molecular complexity index is 1060. The van der Waals surface area contributed by atoms with Crippen molar-refractivity contribution in [3.05, 3.63) is 36.0 Å². The minimum atomic E-state index is -3.62. The number of aromatic nitrogens is 1. The van der Waals surface area contributed by atoms with E-state index in [4.69, 9.17) is 0 Å². The number of carbonyl (C=O) groups is 3. The van der Waals surface area contributed by atoms with Crippen LogP contribution >= 0.6 is 0 Å². The second-order valence-corrected chi connectivity index (χ2v) is 9.94. The molecule has 0 radical (unpaired) electrons. The minimum Gasteiger partial charge on any atom is -0.361 e. The molecule has 2 rings (SSSR count). The summed E-state index contributed by atoms with van der Waals surface area (Å²) in [6, 6.07) is 6.83. The van der Waals surface area contributed by atoms with Crippen molar-refractivity contribution in [1.29, 1.82) is 0 Å². The van der Waals surface area contributed by atoms with Crippen LogP contribution in [0.25, 0.3) is 10.9 Å². The first kappa shape index (κ1) is 25.3. The molecule has 0 spiro atoms. The molecule has 176 valence electrons. The number of sulfonamides is 1. The Hall–Kier alpha value is -2.92. The number of likely N-dealkylation sites (N-methyl/N-ethyl adjacent to an activating group) is 1. The molecule has 0 aliphatic rings. The number of hydrogen-bond donors (Lipinski definition) is 5. The summed E-state index contributed by atoms with van der Waals surface area (Å²) < 4.78 is 22.4. The first-order valence-corrected chi connectivity index (χ1v) is 12.2. The lowest BCUT2D eigenvalue weighted by molar-refractivity contribution is -0.133. The number of H-pyrrole nitrogens is 1. The standard InChI is InChI=1S/C21H31N5O5S/c1-13(2)9-14(11-19(27)25-26-32(4,30)31)20(28)24-18(21(29)22-3)10-15-12-23-17-8-6-5-7-16(15)17/h5-8,12-14,18,23,26H,9-11H2,1-4H3,(H,22,29)(H,24,28)(H,25,27)/t14-,18+/m1/s1. The number of hydrogen-bond acceptors (Lipinski definition) is 5. The Morgan fingerprint density at radius 1 is 1.09 bits per heavy atom. The van der Waals surface area contributed by atoms with Crippen LogP contribution in [0.3, 0.4) is 0 Å². The van der Waals surface area contributed by atoms with Gasteiger partial charge in [-0.15, -0.1) is 4.83 Å². The molecule has 0 aliphatic heterocycles. The number of aromatic amines is 1. The van der Waals surface area contributed by atoms with Gasteiger partial charge in [0.05, 0.1) is 6.26 Å². The summed E-state index contributed by atoms with van der Waals surface area (Å²) in [4.78, 5) is 42.7. The molecule has 0 saturated heterocycles. The van der Waals surface area contributed by atoms with Gasteiger partial charge >= 0.3 is 0 Å². The van der Waals surface area contributed by atoms with Crippen molar-refractivity contribution >= 4 is 38.6 Å². The average molecular weight is 466 g/mol. The third kappa shape index (κ3) is 7.65. The van der Waals surface area contributed by atoms with Crippen LogP contribution in [0.1, 0.15) is 32.3 Å². The van der Waals surface area contributed by atoms with Crippen LogP contribution in [0, 0.1) is 11.8 Å². The summed E-state index contributed by atoms with van der Waals surface area (Å²) in [5.74, 6) is -2.05. The topological polar surface area (TPSA) is 149 Å². The molecule has 1 heterocycles. The van der Waals surface area contributed by atoms with Crippen LogP contribution in [0.15, 0.2) is 30.5 Å². The van der Waals surface area contributed by atoms with Gasteiger partial charge < -0.3 is 15.6 Å². The Kier molecular flexibility index (Phi) is 8.79. The van der Waals surface area contributed by atoms with E-state index in [1.54, 1.807) is 0 Å². The second kappa shape index (κ2) is 11.1. The number of amides is 3. The molecule has 11 heteroatoms. The van der Waals surface area contributed by atoms with Crippen LogP contribution in [0.2, 0.25) is 0 Å². The van der Waals surface area contributed by atoms with E-state index >= 15 is 0 Å². The van der Waals surface area contributed by atoms with Crippen molar-refractivity contribution in [2.24, 2.45) is 11.8 Å². The molecule has 0 bridgehead atoms. The molecule has 0 aliphatic carbocycles. The van der Waals surface area contributed by atoms with E-state index in [1.807, 2.05) is 49.1 Å². The number of carbonyl (C=O) groups excluding carboxylic acids is 3. The van der Waals surface area contributed by atoms with Gasteiger partial charge in [0, 0.05) is 42.9 Å². The predicted molar refractivity (Wildman–Crippen MR) is 122 cm³/mol. The van der Waals surface area contributed by atoms with Crippen molar-refractivity contribution in [2.45, 2.75) is 39.2 Å². The SMILES string of the molecule is CNC(=O)[C@H](Cc1c[nH]c2ccccc12)NC(=O)[C@@H](CC(=O)NNS(C)(=O)=O)CC(C)C. The molecular weight excluding hydrogens is 434 g/mol. The molecule has 5 N–H and O–H groups in total. The van der Waals surface area contributed by atoms with Crippen molar-refractivity contribution in [3.8, 4) is 0 Å². The number of rotatable bonds is 11. The van der Waals surface area contributed by atoms with Gasteiger partial charge in [-0.2, -0.15) is 0 Å². The summed E-state index contributed by atoms with van der Waals surface area (Å²) in [5, 5.41) is 6.30.